The maximum Gasteiger partial charge on any atom is 0.281 e. The second-order valence-corrected chi connectivity index (χ2v) is 13.0. The lowest BCUT2D eigenvalue weighted by Gasteiger charge is -2.26. The van der Waals surface area contributed by atoms with Crippen molar-refractivity contribution in [3.05, 3.63) is 89.5 Å². The average Bonchev–Trinajstić information content (AvgIpc) is 3.01. The van der Waals surface area contributed by atoms with Crippen LogP contribution in [-0.4, -0.2) is 56.1 Å². The van der Waals surface area contributed by atoms with Crippen LogP contribution in [0.3, 0.4) is 0 Å². The second-order valence-electron chi connectivity index (χ2n) is 11.0. The van der Waals surface area contributed by atoms with Gasteiger partial charge in [-0.15, -0.1) is 0 Å². The van der Waals surface area contributed by atoms with Gasteiger partial charge < -0.3 is 20.1 Å². The Labute approximate surface area is 254 Å². The van der Waals surface area contributed by atoms with Crippen LogP contribution < -0.4 is 10.2 Å². The Balaban J connectivity index is 1.55. The predicted molar refractivity (Wildman–Crippen MR) is 167 cm³/mol. The highest BCUT2D eigenvalue weighted by Gasteiger charge is 2.26. The van der Waals surface area contributed by atoms with Gasteiger partial charge in [0, 0.05) is 25.0 Å². The first kappa shape index (κ1) is 32.3. The van der Waals surface area contributed by atoms with E-state index in [2.05, 4.69) is 17.4 Å². The molecule has 3 aromatic rings. The van der Waals surface area contributed by atoms with E-state index < -0.39 is 28.1 Å². The Morgan fingerprint density at radius 2 is 1.58 bits per heavy atom. The molecule has 43 heavy (non-hydrogen) atoms. The molecule has 0 aromatic heterocycles. The molecule has 1 atom stereocenters. The van der Waals surface area contributed by atoms with Gasteiger partial charge in [0.25, 0.3) is 5.91 Å². The van der Waals surface area contributed by atoms with E-state index in [0.717, 1.165) is 15.4 Å². The normalized spacial score (nSPS) is 14.8. The van der Waals surface area contributed by atoms with Gasteiger partial charge in [-0.3, -0.25) is 9.59 Å². The highest BCUT2D eigenvalue weighted by Crippen LogP contribution is 2.33. The predicted octanol–water partition coefficient (Wildman–Crippen LogP) is 5.19. The van der Waals surface area contributed by atoms with Gasteiger partial charge in [0.1, 0.15) is 0 Å². The van der Waals surface area contributed by atoms with Gasteiger partial charge in [-0.1, -0.05) is 61.2 Å². The Morgan fingerprint density at radius 3 is 2.19 bits per heavy atom. The van der Waals surface area contributed by atoms with Gasteiger partial charge in [-0.05, 0) is 80.1 Å². The fourth-order valence-electron chi connectivity index (χ4n) is 5.25. The van der Waals surface area contributed by atoms with Gasteiger partial charge in [0.2, 0.25) is 22.2 Å². The number of ether oxygens (including phenoxy) is 1. The van der Waals surface area contributed by atoms with Crippen LogP contribution in [0.15, 0.2) is 77.7 Å². The molecule has 4 rings (SSSR count). The Kier molecular flexibility index (Phi) is 11.1. The van der Waals surface area contributed by atoms with Crippen molar-refractivity contribution in [3.63, 3.8) is 0 Å². The number of carbonyl (C=O) groups excluding carboxylic acids is 2. The number of aliphatic hydroxyl groups excluding tert-OH is 1. The van der Waals surface area contributed by atoms with Gasteiger partial charge in [-0.25, -0.2) is 8.42 Å². The molecule has 10 heteroatoms. The monoisotopic (exact) mass is 607 g/mol. The van der Waals surface area contributed by atoms with Crippen LogP contribution >= 0.6 is 0 Å². The van der Waals surface area contributed by atoms with Crippen molar-refractivity contribution >= 4 is 33.2 Å². The lowest BCUT2D eigenvalue weighted by molar-refractivity contribution is -0.151. The van der Waals surface area contributed by atoms with Crippen LogP contribution in [0.25, 0.3) is 0 Å². The summed E-state index contributed by atoms with van der Waals surface area (Å²) in [5.74, 6) is -0.549. The summed E-state index contributed by atoms with van der Waals surface area (Å²) < 4.78 is 32.4. The van der Waals surface area contributed by atoms with Gasteiger partial charge in [0.05, 0.1) is 18.0 Å². The van der Waals surface area contributed by atoms with Crippen molar-refractivity contribution in [3.8, 4) is 0 Å². The average molecular weight is 608 g/mol. The van der Waals surface area contributed by atoms with E-state index in [1.807, 2.05) is 19.1 Å². The summed E-state index contributed by atoms with van der Waals surface area (Å²) in [6.07, 6.45) is 4.57. The minimum absolute atomic E-state index is 0.118. The lowest BCUT2D eigenvalue weighted by Crippen LogP contribution is -2.41. The van der Waals surface area contributed by atoms with Crippen LogP contribution in [0.2, 0.25) is 0 Å². The van der Waals surface area contributed by atoms with E-state index in [0.29, 0.717) is 17.3 Å². The van der Waals surface area contributed by atoms with Crippen LogP contribution in [0.1, 0.15) is 61.6 Å². The summed E-state index contributed by atoms with van der Waals surface area (Å²) in [4.78, 5) is 27.5. The summed E-state index contributed by atoms with van der Waals surface area (Å²) in [6, 6.07) is 21.4. The number of sulfonamides is 1. The number of carbonyl (C=O) groups is 2. The molecule has 1 unspecified atom stereocenters. The quantitative estimate of drug-likeness (QED) is 0.274. The van der Waals surface area contributed by atoms with E-state index >= 15 is 0 Å². The van der Waals surface area contributed by atoms with Crippen molar-refractivity contribution in [2.45, 2.75) is 69.6 Å². The van der Waals surface area contributed by atoms with Crippen LogP contribution in [0, 0.1) is 6.92 Å². The molecule has 2 amide bonds. The molecule has 0 bridgehead atoms. The van der Waals surface area contributed by atoms with Crippen molar-refractivity contribution in [2.24, 2.45) is 0 Å². The summed E-state index contributed by atoms with van der Waals surface area (Å²) in [5, 5.41) is 12.3. The Bertz CT molecular complexity index is 1470. The first-order valence-corrected chi connectivity index (χ1v) is 16.1. The van der Waals surface area contributed by atoms with E-state index in [1.165, 1.54) is 61.7 Å². The summed E-state index contributed by atoms with van der Waals surface area (Å²) in [7, 11) is -2.49. The minimum Gasteiger partial charge on any atom is -0.360 e. The number of nitrogens with zero attached hydrogens (tertiary/aromatic N) is 2. The largest absolute Gasteiger partial charge is 0.360 e. The SMILES string of the molecule is CCOC(O)C(=O)Nc1ccc(N(Cc2ccc(C3CCCCC3)cc2)C(=O)CN(C)S(=O)(=O)c2ccc(C)cc2)cc1. The maximum atomic E-state index is 13.7. The molecule has 0 heterocycles. The Morgan fingerprint density at radius 1 is 0.953 bits per heavy atom. The molecule has 9 nitrogen and oxygen atoms in total. The van der Waals surface area contributed by atoms with Crippen LogP contribution in [0.5, 0.6) is 0 Å². The summed E-state index contributed by atoms with van der Waals surface area (Å²) in [6.45, 7) is 3.59. The smallest absolute Gasteiger partial charge is 0.281 e. The Hall–Kier alpha value is -3.57. The third kappa shape index (κ3) is 8.51. The van der Waals surface area contributed by atoms with E-state index in [9.17, 15) is 23.1 Å². The molecule has 2 N–H and O–H groups in total. The standard InChI is InChI=1S/C33H41N3O6S/c1-4-42-33(39)32(38)34-28-16-18-29(19-17-28)36(22-25-12-14-27(15-13-25)26-8-6-5-7-9-26)31(37)23-35(3)43(40,41)30-20-10-24(2)11-21-30/h10-21,26,33,39H,4-9,22-23H2,1-3H3,(H,34,38). The van der Waals surface area contributed by atoms with Gasteiger partial charge in [-0.2, -0.15) is 4.31 Å². The third-order valence-corrected chi connectivity index (χ3v) is 9.60. The molecular formula is C33H41N3O6S. The minimum atomic E-state index is -3.89. The molecular weight excluding hydrogens is 566 g/mol. The highest BCUT2D eigenvalue weighted by atomic mass is 32.2. The van der Waals surface area contributed by atoms with Crippen molar-refractivity contribution in [1.82, 2.24) is 4.31 Å². The van der Waals surface area contributed by atoms with Crippen molar-refractivity contribution in [1.29, 1.82) is 0 Å². The molecule has 1 fully saturated rings. The van der Waals surface area contributed by atoms with E-state index in [-0.39, 0.29) is 24.6 Å². The number of hydrogen-bond donors (Lipinski definition) is 2. The zero-order valence-corrected chi connectivity index (χ0v) is 25.8. The first-order chi connectivity index (χ1) is 20.6. The number of aryl methyl sites for hydroxylation is 1. The number of anilines is 2. The van der Waals surface area contributed by atoms with Crippen LogP contribution in [0.4, 0.5) is 11.4 Å². The van der Waals surface area contributed by atoms with E-state index in [1.54, 1.807) is 43.3 Å². The number of hydrogen-bond acceptors (Lipinski definition) is 6. The van der Waals surface area contributed by atoms with Crippen molar-refractivity contribution < 1.29 is 27.9 Å². The number of amides is 2. The fourth-order valence-corrected chi connectivity index (χ4v) is 6.37. The second kappa shape index (κ2) is 14.7. The number of likely N-dealkylation sites (N-methyl/N-ethyl adjacent to an activating group) is 1. The molecule has 0 saturated heterocycles. The molecule has 230 valence electrons. The molecule has 1 aliphatic carbocycles. The number of aliphatic hydroxyl groups is 1. The topological polar surface area (TPSA) is 116 Å². The van der Waals surface area contributed by atoms with Gasteiger partial charge >= 0.3 is 0 Å². The van der Waals surface area contributed by atoms with Crippen molar-refractivity contribution in [2.75, 3.05) is 30.4 Å². The first-order valence-electron chi connectivity index (χ1n) is 14.7. The summed E-state index contributed by atoms with van der Waals surface area (Å²) in [5.41, 5.74) is 4.10. The maximum absolute atomic E-state index is 13.7. The zero-order valence-electron chi connectivity index (χ0n) is 25.0. The number of rotatable bonds is 12. The van der Waals surface area contributed by atoms with Gasteiger partial charge in [0.15, 0.2) is 0 Å². The number of benzene rings is 3. The highest BCUT2D eigenvalue weighted by molar-refractivity contribution is 7.89. The number of nitrogens with one attached hydrogen (secondary N) is 1. The molecule has 0 spiro atoms. The molecule has 3 aromatic carbocycles. The zero-order chi connectivity index (χ0) is 31.0. The van der Waals surface area contributed by atoms with E-state index in [4.69, 9.17) is 4.74 Å². The third-order valence-electron chi connectivity index (χ3n) is 7.78. The lowest BCUT2D eigenvalue weighted by atomic mass is 9.84. The fraction of sp³-hybridized carbons (Fsp3) is 0.394. The van der Waals surface area contributed by atoms with Crippen LogP contribution in [-0.2, 0) is 30.9 Å². The molecule has 1 saturated carbocycles. The molecule has 1 aliphatic rings. The molecule has 0 aliphatic heterocycles. The summed E-state index contributed by atoms with van der Waals surface area (Å²) >= 11 is 0. The molecule has 0 radical (unpaired) electrons.